The summed E-state index contributed by atoms with van der Waals surface area (Å²) >= 11 is 9.56. The van der Waals surface area contributed by atoms with Crippen LogP contribution in [0.2, 0.25) is 5.02 Å². The Bertz CT molecular complexity index is 546. The van der Waals surface area contributed by atoms with Crippen LogP contribution in [0.3, 0.4) is 0 Å². The van der Waals surface area contributed by atoms with Gasteiger partial charge in [-0.05, 0) is 18.2 Å². The van der Waals surface area contributed by atoms with Gasteiger partial charge >= 0.3 is 0 Å². The number of ether oxygens (including phenoxy) is 1. The molecule has 0 radical (unpaired) electrons. The average molecular weight is 346 g/mol. The third kappa shape index (κ3) is 4.01. The summed E-state index contributed by atoms with van der Waals surface area (Å²) in [6, 6.07) is 5.61. The van der Waals surface area contributed by atoms with E-state index in [1.807, 2.05) is 24.4 Å². The van der Waals surface area contributed by atoms with Crippen LogP contribution >= 0.6 is 27.5 Å². The number of nitrogens with zero attached hydrogens (tertiary/aromatic N) is 3. The van der Waals surface area contributed by atoms with E-state index in [0.29, 0.717) is 18.2 Å². The minimum atomic E-state index is 0.631. The molecule has 0 bridgehead atoms. The molecule has 1 N–H and O–H groups in total. The maximum absolute atomic E-state index is 6.14. The molecule has 1 heterocycles. The van der Waals surface area contributed by atoms with E-state index in [2.05, 4.69) is 31.6 Å². The number of hydrogen-bond acceptors (Lipinski definition) is 4. The Morgan fingerprint density at radius 3 is 3.11 bits per heavy atom. The predicted molar refractivity (Wildman–Crippen MR) is 77.7 cm³/mol. The van der Waals surface area contributed by atoms with Gasteiger partial charge in [0.2, 0.25) is 0 Å². The number of hydrogen-bond donors (Lipinski definition) is 1. The first-order chi connectivity index (χ1) is 9.20. The van der Waals surface area contributed by atoms with Gasteiger partial charge in [0.15, 0.2) is 0 Å². The Kier molecular flexibility index (Phi) is 5.33. The first kappa shape index (κ1) is 14.5. The van der Waals surface area contributed by atoms with Crippen LogP contribution < -0.4 is 5.32 Å². The number of rotatable bonds is 6. The second kappa shape index (κ2) is 7.00. The maximum atomic E-state index is 6.14. The van der Waals surface area contributed by atoms with Gasteiger partial charge in [-0.25, -0.2) is 4.68 Å². The molecule has 1 aromatic heterocycles. The van der Waals surface area contributed by atoms with Crippen LogP contribution in [0, 0.1) is 0 Å². The summed E-state index contributed by atoms with van der Waals surface area (Å²) < 4.78 is 7.57. The van der Waals surface area contributed by atoms with Crippen LogP contribution in [0.15, 0.2) is 28.9 Å². The minimum Gasteiger partial charge on any atom is -0.383 e. The molecule has 0 amide bonds. The van der Waals surface area contributed by atoms with Gasteiger partial charge in [0.05, 0.1) is 29.2 Å². The Balaban J connectivity index is 2.06. The van der Waals surface area contributed by atoms with Gasteiger partial charge < -0.3 is 10.1 Å². The molecule has 0 aliphatic carbocycles. The van der Waals surface area contributed by atoms with E-state index in [-0.39, 0.29) is 0 Å². The zero-order valence-corrected chi connectivity index (χ0v) is 12.8. The van der Waals surface area contributed by atoms with Crippen LogP contribution in [0.25, 0.3) is 5.69 Å². The highest BCUT2D eigenvalue weighted by molar-refractivity contribution is 9.10. The van der Waals surface area contributed by atoms with Crippen LogP contribution in [0.4, 0.5) is 0 Å². The lowest BCUT2D eigenvalue weighted by atomic mass is 10.3. The molecule has 0 aliphatic heterocycles. The molecule has 7 heteroatoms. The van der Waals surface area contributed by atoms with Crippen molar-refractivity contribution in [2.75, 3.05) is 20.3 Å². The second-order valence-electron chi connectivity index (χ2n) is 3.92. The molecule has 19 heavy (non-hydrogen) atoms. The molecule has 0 spiro atoms. The van der Waals surface area contributed by atoms with Gasteiger partial charge in [0, 0.05) is 24.7 Å². The summed E-state index contributed by atoms with van der Waals surface area (Å²) in [5.41, 5.74) is 1.65. The number of methoxy groups -OCH3 is 1. The molecule has 0 saturated carbocycles. The van der Waals surface area contributed by atoms with Crippen molar-refractivity contribution in [2.24, 2.45) is 0 Å². The van der Waals surface area contributed by atoms with Crippen LogP contribution in [0.5, 0.6) is 0 Å². The van der Waals surface area contributed by atoms with Gasteiger partial charge in [-0.15, -0.1) is 5.10 Å². The zero-order valence-electron chi connectivity index (χ0n) is 10.4. The van der Waals surface area contributed by atoms with E-state index in [1.54, 1.807) is 11.8 Å². The number of aromatic nitrogens is 3. The van der Waals surface area contributed by atoms with Crippen molar-refractivity contribution in [3.05, 3.63) is 39.6 Å². The molecule has 2 aromatic rings. The molecule has 5 nitrogen and oxygen atoms in total. The fourth-order valence-corrected chi connectivity index (χ4v) is 2.10. The Morgan fingerprint density at radius 1 is 1.47 bits per heavy atom. The molecule has 0 saturated heterocycles. The molecule has 2 rings (SSSR count). The van der Waals surface area contributed by atoms with Crippen molar-refractivity contribution in [2.45, 2.75) is 6.54 Å². The van der Waals surface area contributed by atoms with Crippen molar-refractivity contribution in [3.63, 3.8) is 0 Å². The third-order valence-electron chi connectivity index (χ3n) is 2.48. The van der Waals surface area contributed by atoms with E-state index in [4.69, 9.17) is 16.3 Å². The van der Waals surface area contributed by atoms with E-state index in [9.17, 15) is 0 Å². The predicted octanol–water partition coefficient (Wildman–Crippen LogP) is 2.42. The van der Waals surface area contributed by atoms with Gasteiger partial charge in [0.1, 0.15) is 0 Å². The van der Waals surface area contributed by atoms with E-state index < -0.39 is 0 Å². The first-order valence-corrected chi connectivity index (χ1v) is 6.94. The van der Waals surface area contributed by atoms with Crippen LogP contribution in [-0.2, 0) is 11.3 Å². The van der Waals surface area contributed by atoms with Crippen molar-refractivity contribution in [1.82, 2.24) is 20.3 Å². The lowest BCUT2D eigenvalue weighted by Gasteiger charge is -2.03. The summed E-state index contributed by atoms with van der Waals surface area (Å²) in [7, 11) is 1.67. The lowest BCUT2D eigenvalue weighted by Crippen LogP contribution is -2.18. The highest BCUT2D eigenvalue weighted by atomic mass is 79.9. The molecule has 0 unspecified atom stereocenters. The number of halogens is 2. The van der Waals surface area contributed by atoms with Gasteiger partial charge in [0.25, 0.3) is 0 Å². The standard InChI is InChI=1S/C12H14BrClN4O/c1-19-5-4-15-7-10-8-18(17-16-10)12-6-9(13)2-3-11(12)14/h2-3,6,8,15H,4-5,7H2,1H3. The largest absolute Gasteiger partial charge is 0.383 e. The van der Waals surface area contributed by atoms with Crippen molar-refractivity contribution in [1.29, 1.82) is 0 Å². The summed E-state index contributed by atoms with van der Waals surface area (Å²) in [5, 5.41) is 12.0. The van der Waals surface area contributed by atoms with Gasteiger partial charge in [-0.3, -0.25) is 0 Å². The quantitative estimate of drug-likeness (QED) is 0.817. The fourth-order valence-electron chi connectivity index (χ4n) is 1.55. The Labute approximate surface area is 125 Å². The van der Waals surface area contributed by atoms with Crippen molar-refractivity contribution in [3.8, 4) is 5.69 Å². The van der Waals surface area contributed by atoms with E-state index >= 15 is 0 Å². The molecule has 0 fully saturated rings. The topological polar surface area (TPSA) is 52.0 Å². The maximum Gasteiger partial charge on any atom is 0.0969 e. The van der Waals surface area contributed by atoms with Gasteiger partial charge in [-0.1, -0.05) is 32.7 Å². The SMILES string of the molecule is COCCNCc1cn(-c2cc(Br)ccc2Cl)nn1. The average Bonchev–Trinajstić information content (AvgIpc) is 2.86. The highest BCUT2D eigenvalue weighted by Gasteiger charge is 2.07. The Morgan fingerprint density at radius 2 is 2.32 bits per heavy atom. The molecule has 102 valence electrons. The van der Waals surface area contributed by atoms with Crippen molar-refractivity contribution < 1.29 is 4.74 Å². The third-order valence-corrected chi connectivity index (χ3v) is 3.30. The summed E-state index contributed by atoms with van der Waals surface area (Å²) in [6.45, 7) is 2.10. The molecule has 0 aliphatic rings. The van der Waals surface area contributed by atoms with Crippen LogP contribution in [0.1, 0.15) is 5.69 Å². The number of nitrogens with one attached hydrogen (secondary N) is 1. The molecular formula is C12H14BrClN4O. The number of benzene rings is 1. The Hall–Kier alpha value is -0.950. The normalized spacial score (nSPS) is 10.9. The van der Waals surface area contributed by atoms with E-state index in [0.717, 1.165) is 22.4 Å². The molecule has 1 aromatic carbocycles. The molecule has 0 atom stereocenters. The first-order valence-electron chi connectivity index (χ1n) is 5.77. The van der Waals surface area contributed by atoms with Gasteiger partial charge in [-0.2, -0.15) is 0 Å². The van der Waals surface area contributed by atoms with Crippen LogP contribution in [-0.4, -0.2) is 35.3 Å². The zero-order chi connectivity index (χ0) is 13.7. The van der Waals surface area contributed by atoms with E-state index in [1.165, 1.54) is 0 Å². The highest BCUT2D eigenvalue weighted by Crippen LogP contribution is 2.23. The molecular weight excluding hydrogens is 332 g/mol. The summed E-state index contributed by atoms with van der Waals surface area (Å²) in [5.74, 6) is 0. The van der Waals surface area contributed by atoms with Crippen molar-refractivity contribution >= 4 is 27.5 Å². The minimum absolute atomic E-state index is 0.631. The lowest BCUT2D eigenvalue weighted by molar-refractivity contribution is 0.199. The second-order valence-corrected chi connectivity index (χ2v) is 5.24. The summed E-state index contributed by atoms with van der Waals surface area (Å²) in [6.07, 6.45) is 1.85. The summed E-state index contributed by atoms with van der Waals surface area (Å²) in [4.78, 5) is 0. The monoisotopic (exact) mass is 344 g/mol. The fraction of sp³-hybridized carbons (Fsp3) is 0.333. The smallest absolute Gasteiger partial charge is 0.0969 e.